The number of benzene rings is 3. The molecule has 0 unspecified atom stereocenters. The van der Waals surface area contributed by atoms with Crippen LogP contribution < -0.4 is 5.32 Å². The predicted octanol–water partition coefficient (Wildman–Crippen LogP) is 4.63. The molecule has 5 rings (SSSR count). The fraction of sp³-hybridized carbons (Fsp3) is 0.179. The number of carbonyl (C=O) groups is 1. The van der Waals surface area contributed by atoms with E-state index in [2.05, 4.69) is 34.5 Å². The second-order valence-electron chi connectivity index (χ2n) is 8.62. The molecular weight excluding hydrogens is 474 g/mol. The minimum atomic E-state index is -3.65. The third-order valence-electron chi connectivity index (χ3n) is 6.36. The van der Waals surface area contributed by atoms with Gasteiger partial charge in [0.2, 0.25) is 10.0 Å². The molecule has 1 fully saturated rings. The highest BCUT2D eigenvalue weighted by molar-refractivity contribution is 7.89. The highest BCUT2D eigenvalue weighted by Gasteiger charge is 2.32. The van der Waals surface area contributed by atoms with Crippen molar-refractivity contribution < 1.29 is 17.6 Å². The Labute approximate surface area is 211 Å². The summed E-state index contributed by atoms with van der Waals surface area (Å²) in [6.45, 7) is 2.03. The smallest absolute Gasteiger partial charge is 0.291 e. The van der Waals surface area contributed by atoms with Crippen molar-refractivity contribution in [1.82, 2.24) is 9.21 Å². The lowest BCUT2D eigenvalue weighted by Gasteiger charge is -2.39. The number of nitrogens with zero attached hydrogens (tertiary/aromatic N) is 2. The van der Waals surface area contributed by atoms with E-state index in [-0.39, 0.29) is 16.7 Å². The number of amides is 1. The van der Waals surface area contributed by atoms with Crippen LogP contribution >= 0.6 is 0 Å². The highest BCUT2D eigenvalue weighted by atomic mass is 32.2. The van der Waals surface area contributed by atoms with E-state index in [1.807, 2.05) is 36.4 Å². The number of nitrogens with one attached hydrogen (secondary N) is 1. The van der Waals surface area contributed by atoms with Gasteiger partial charge in [0.05, 0.1) is 17.2 Å². The molecule has 0 bridgehead atoms. The van der Waals surface area contributed by atoms with Crippen molar-refractivity contribution in [2.75, 3.05) is 31.5 Å². The summed E-state index contributed by atoms with van der Waals surface area (Å²) in [5, 5.41) is 2.70. The average molecular weight is 502 g/mol. The zero-order chi connectivity index (χ0) is 25.0. The van der Waals surface area contributed by atoms with Crippen LogP contribution in [-0.2, 0) is 10.0 Å². The van der Waals surface area contributed by atoms with Crippen molar-refractivity contribution in [3.63, 3.8) is 0 Å². The number of hydrogen-bond acceptors (Lipinski definition) is 5. The van der Waals surface area contributed by atoms with Gasteiger partial charge in [-0.3, -0.25) is 9.69 Å². The molecule has 0 atom stereocenters. The van der Waals surface area contributed by atoms with Gasteiger partial charge in [0.1, 0.15) is 0 Å². The number of sulfonamides is 1. The van der Waals surface area contributed by atoms with Crippen molar-refractivity contribution in [3.8, 4) is 0 Å². The van der Waals surface area contributed by atoms with Crippen LogP contribution in [0.3, 0.4) is 0 Å². The highest BCUT2D eigenvalue weighted by Crippen LogP contribution is 2.30. The molecular formula is C28H27N3O4S. The third kappa shape index (κ3) is 5.11. The van der Waals surface area contributed by atoms with Crippen LogP contribution in [0.25, 0.3) is 0 Å². The largest absolute Gasteiger partial charge is 0.459 e. The summed E-state index contributed by atoms with van der Waals surface area (Å²) in [7, 11) is -3.65. The van der Waals surface area contributed by atoms with Crippen molar-refractivity contribution in [2.45, 2.75) is 10.9 Å². The van der Waals surface area contributed by atoms with E-state index in [4.69, 9.17) is 4.42 Å². The molecule has 1 aromatic heterocycles. The summed E-state index contributed by atoms with van der Waals surface area (Å²) in [5.41, 5.74) is 2.87. The fourth-order valence-electron chi connectivity index (χ4n) is 4.55. The van der Waals surface area contributed by atoms with E-state index in [1.165, 1.54) is 33.8 Å². The lowest BCUT2D eigenvalue weighted by molar-refractivity contribution is 0.0996. The van der Waals surface area contributed by atoms with Crippen LogP contribution in [0, 0.1) is 0 Å². The van der Waals surface area contributed by atoms with Gasteiger partial charge in [-0.05, 0) is 47.5 Å². The number of carbonyl (C=O) groups excluding carboxylic acids is 1. The minimum Gasteiger partial charge on any atom is -0.459 e. The number of furan rings is 1. The summed E-state index contributed by atoms with van der Waals surface area (Å²) >= 11 is 0. The molecule has 4 aromatic rings. The molecule has 0 radical (unpaired) electrons. The van der Waals surface area contributed by atoms with Gasteiger partial charge in [-0.15, -0.1) is 0 Å². The van der Waals surface area contributed by atoms with Gasteiger partial charge < -0.3 is 9.73 Å². The van der Waals surface area contributed by atoms with E-state index >= 15 is 0 Å². The molecule has 0 spiro atoms. The SMILES string of the molecule is O=C(Nc1ccc(S(=O)(=O)N2CCN(C(c3ccccc3)c3ccccc3)CC2)cc1)c1ccco1. The Balaban J connectivity index is 1.27. The van der Waals surface area contributed by atoms with Crippen LogP contribution in [0.2, 0.25) is 0 Å². The second-order valence-corrected chi connectivity index (χ2v) is 10.6. The molecule has 1 saturated heterocycles. The molecule has 1 aliphatic heterocycles. The summed E-state index contributed by atoms with van der Waals surface area (Å²) in [6, 6.07) is 30.1. The van der Waals surface area contributed by atoms with Crippen LogP contribution in [0.4, 0.5) is 5.69 Å². The topological polar surface area (TPSA) is 82.9 Å². The van der Waals surface area contributed by atoms with Gasteiger partial charge in [0.25, 0.3) is 5.91 Å². The number of hydrogen-bond donors (Lipinski definition) is 1. The molecule has 0 saturated carbocycles. The first kappa shape index (κ1) is 24.0. The first-order valence-electron chi connectivity index (χ1n) is 11.8. The zero-order valence-electron chi connectivity index (χ0n) is 19.7. The number of rotatable bonds is 7. The molecule has 2 heterocycles. The molecule has 0 aliphatic carbocycles. The van der Waals surface area contributed by atoms with E-state index in [1.54, 1.807) is 24.3 Å². The minimum absolute atomic E-state index is 0.0642. The summed E-state index contributed by atoms with van der Waals surface area (Å²) < 4.78 is 33.3. The third-order valence-corrected chi connectivity index (χ3v) is 8.28. The first-order chi connectivity index (χ1) is 17.5. The molecule has 1 N–H and O–H groups in total. The van der Waals surface area contributed by atoms with Gasteiger partial charge in [0, 0.05) is 31.9 Å². The van der Waals surface area contributed by atoms with Gasteiger partial charge >= 0.3 is 0 Å². The molecule has 1 aliphatic rings. The predicted molar refractivity (Wildman–Crippen MR) is 138 cm³/mol. The molecule has 1 amide bonds. The maximum Gasteiger partial charge on any atom is 0.291 e. The quantitative estimate of drug-likeness (QED) is 0.399. The molecule has 7 nitrogen and oxygen atoms in total. The van der Waals surface area contributed by atoms with Crippen LogP contribution in [0.5, 0.6) is 0 Å². The molecule has 36 heavy (non-hydrogen) atoms. The van der Waals surface area contributed by atoms with Crippen molar-refractivity contribution in [1.29, 1.82) is 0 Å². The maximum atomic E-state index is 13.3. The Morgan fingerprint density at radius 2 is 1.33 bits per heavy atom. The Hall–Kier alpha value is -3.72. The Morgan fingerprint density at radius 1 is 0.750 bits per heavy atom. The van der Waals surface area contributed by atoms with E-state index < -0.39 is 15.9 Å². The number of piperazine rings is 1. The van der Waals surface area contributed by atoms with Crippen molar-refractivity contribution >= 4 is 21.6 Å². The standard InChI is InChI=1S/C28H27N3O4S/c32-28(26-12-7-21-35-26)29-24-13-15-25(16-14-24)36(33,34)31-19-17-30(18-20-31)27(22-8-3-1-4-9-22)23-10-5-2-6-11-23/h1-16,21,27H,17-20H2,(H,29,32). The molecule has 8 heteroatoms. The average Bonchev–Trinajstić information content (AvgIpc) is 3.46. The summed E-state index contributed by atoms with van der Waals surface area (Å²) in [6.07, 6.45) is 1.42. The van der Waals surface area contributed by atoms with Gasteiger partial charge in [-0.1, -0.05) is 60.7 Å². The van der Waals surface area contributed by atoms with Crippen LogP contribution in [0.15, 0.2) is 113 Å². The van der Waals surface area contributed by atoms with Crippen molar-refractivity contribution in [3.05, 3.63) is 120 Å². The van der Waals surface area contributed by atoms with Crippen molar-refractivity contribution in [2.24, 2.45) is 0 Å². The summed E-state index contributed by atoms with van der Waals surface area (Å²) in [5.74, 6) is -0.202. The number of anilines is 1. The van der Waals surface area contributed by atoms with Gasteiger partial charge in [-0.25, -0.2) is 8.42 Å². The van der Waals surface area contributed by atoms with E-state index in [9.17, 15) is 13.2 Å². The van der Waals surface area contributed by atoms with Crippen LogP contribution in [-0.4, -0.2) is 49.7 Å². The van der Waals surface area contributed by atoms with E-state index in [0.29, 0.717) is 31.9 Å². The molecule has 184 valence electrons. The Morgan fingerprint density at radius 3 is 1.86 bits per heavy atom. The Kier molecular flexibility index (Phi) is 6.99. The van der Waals surface area contributed by atoms with Crippen LogP contribution in [0.1, 0.15) is 27.7 Å². The summed E-state index contributed by atoms with van der Waals surface area (Å²) in [4.78, 5) is 14.7. The zero-order valence-corrected chi connectivity index (χ0v) is 20.5. The Bertz CT molecular complexity index is 1340. The second kappa shape index (κ2) is 10.5. The monoisotopic (exact) mass is 501 g/mol. The fourth-order valence-corrected chi connectivity index (χ4v) is 5.97. The molecule has 3 aromatic carbocycles. The lowest BCUT2D eigenvalue weighted by atomic mass is 9.96. The van der Waals surface area contributed by atoms with Gasteiger partial charge in [-0.2, -0.15) is 4.31 Å². The first-order valence-corrected chi connectivity index (χ1v) is 13.3. The normalized spacial score (nSPS) is 15.1. The van der Waals surface area contributed by atoms with E-state index in [0.717, 1.165) is 0 Å². The van der Waals surface area contributed by atoms with Gasteiger partial charge in [0.15, 0.2) is 5.76 Å². The lowest BCUT2D eigenvalue weighted by Crippen LogP contribution is -2.49. The maximum absolute atomic E-state index is 13.3.